The van der Waals surface area contributed by atoms with Crippen molar-refractivity contribution in [2.45, 2.75) is 58.6 Å². The number of carbonyl (C=O) groups excluding carboxylic acids is 4. The smallest absolute Gasteiger partial charge is 0.344 e. The number of aliphatic hydroxyl groups is 1. The Kier molecular flexibility index (Phi) is 9.15. The van der Waals surface area contributed by atoms with E-state index in [1.165, 1.54) is 6.92 Å². The molecule has 5 N–H and O–H groups in total. The molecular formula is C22H32N4O6. The van der Waals surface area contributed by atoms with Crippen LogP contribution in [-0.2, 0) is 20.8 Å². The molecule has 10 nitrogen and oxygen atoms in total. The molecule has 10 heteroatoms. The summed E-state index contributed by atoms with van der Waals surface area (Å²) >= 11 is 0. The van der Waals surface area contributed by atoms with E-state index in [2.05, 4.69) is 10.7 Å². The lowest BCUT2D eigenvalue weighted by Gasteiger charge is -2.27. The molecule has 32 heavy (non-hydrogen) atoms. The highest BCUT2D eigenvalue weighted by atomic mass is 16.5. The van der Waals surface area contributed by atoms with E-state index in [4.69, 9.17) is 0 Å². The molecule has 0 saturated carbocycles. The number of benzene rings is 1. The third kappa shape index (κ3) is 6.51. The van der Waals surface area contributed by atoms with Gasteiger partial charge < -0.3 is 10.4 Å². The van der Waals surface area contributed by atoms with Crippen molar-refractivity contribution in [3.63, 3.8) is 0 Å². The van der Waals surface area contributed by atoms with Crippen LogP contribution in [0.4, 0.5) is 4.79 Å². The number of hydrazine groups is 1. The van der Waals surface area contributed by atoms with E-state index in [0.29, 0.717) is 30.7 Å². The molecule has 1 aliphatic rings. The van der Waals surface area contributed by atoms with Crippen molar-refractivity contribution in [3.8, 4) is 0 Å². The van der Waals surface area contributed by atoms with Crippen molar-refractivity contribution in [2.75, 3.05) is 0 Å². The second kappa shape index (κ2) is 11.6. The van der Waals surface area contributed by atoms with Crippen LogP contribution in [0.15, 0.2) is 30.3 Å². The number of nitrogens with zero attached hydrogens (tertiary/aromatic N) is 1. The van der Waals surface area contributed by atoms with Gasteiger partial charge in [-0.3, -0.25) is 25.0 Å². The number of aryl methyl sites for hydroxylation is 1. The third-order valence-corrected chi connectivity index (χ3v) is 5.49. The summed E-state index contributed by atoms with van der Waals surface area (Å²) in [4.78, 5) is 50.0. The van der Waals surface area contributed by atoms with E-state index in [9.17, 15) is 29.5 Å². The van der Waals surface area contributed by atoms with Gasteiger partial charge in [0.1, 0.15) is 6.04 Å². The van der Waals surface area contributed by atoms with Crippen molar-refractivity contribution in [1.29, 1.82) is 0 Å². The molecule has 1 fully saturated rings. The van der Waals surface area contributed by atoms with Gasteiger partial charge in [-0.15, -0.1) is 0 Å². The predicted octanol–water partition coefficient (Wildman–Crippen LogP) is 1.13. The first-order chi connectivity index (χ1) is 15.1. The first-order valence-electron chi connectivity index (χ1n) is 10.8. The molecule has 0 spiro atoms. The van der Waals surface area contributed by atoms with Crippen molar-refractivity contribution in [3.05, 3.63) is 35.9 Å². The van der Waals surface area contributed by atoms with Crippen molar-refractivity contribution in [1.82, 2.24) is 21.2 Å². The fourth-order valence-corrected chi connectivity index (χ4v) is 3.85. The zero-order chi connectivity index (χ0) is 23.8. The minimum atomic E-state index is -1.16. The van der Waals surface area contributed by atoms with Crippen molar-refractivity contribution < 1.29 is 29.5 Å². The maximum absolute atomic E-state index is 13.1. The lowest BCUT2D eigenvalue weighted by molar-refractivity contribution is -0.145. The van der Waals surface area contributed by atoms with E-state index in [0.717, 1.165) is 5.56 Å². The number of hydrogen-bond acceptors (Lipinski definition) is 6. The standard InChI is InChI=1S/C22H32N4O6/c1-13(2)12-17(19(28)24-26-21(30)18(14(3)27)23-22(26)31)16(20(29)25-32)11-7-10-15-8-5-4-6-9-15/h4-6,8-9,13-14,16-18,27,32H,7,10-12H2,1-3H3,(H,23,31)(H,24,28)(H,25,29)/t14-,16-,17+,18?/m0/s1. The van der Waals surface area contributed by atoms with Gasteiger partial charge >= 0.3 is 6.03 Å². The number of nitrogens with one attached hydrogen (secondary N) is 3. The van der Waals surface area contributed by atoms with E-state index in [1.807, 2.05) is 44.2 Å². The summed E-state index contributed by atoms with van der Waals surface area (Å²) in [6.45, 7) is 5.12. The monoisotopic (exact) mass is 448 g/mol. The number of amides is 5. The third-order valence-electron chi connectivity index (χ3n) is 5.49. The topological polar surface area (TPSA) is 148 Å². The molecule has 0 aromatic heterocycles. The zero-order valence-electron chi connectivity index (χ0n) is 18.6. The Bertz CT molecular complexity index is 814. The number of hydrogen-bond donors (Lipinski definition) is 5. The quantitative estimate of drug-likeness (QED) is 0.195. The molecule has 0 bridgehead atoms. The summed E-state index contributed by atoms with van der Waals surface area (Å²) in [5.41, 5.74) is 5.03. The van der Waals surface area contributed by atoms with Gasteiger partial charge in [-0.25, -0.2) is 10.3 Å². The molecular weight excluding hydrogens is 416 g/mol. The maximum Gasteiger partial charge on any atom is 0.344 e. The van der Waals surface area contributed by atoms with Crippen LogP contribution in [0.1, 0.15) is 45.6 Å². The summed E-state index contributed by atoms with van der Waals surface area (Å²) in [5.74, 6) is -3.88. The van der Waals surface area contributed by atoms with E-state index in [-0.39, 0.29) is 5.92 Å². The summed E-state index contributed by atoms with van der Waals surface area (Å²) in [5, 5.41) is 21.8. The molecule has 2 rings (SSSR count). The summed E-state index contributed by atoms with van der Waals surface area (Å²) in [7, 11) is 0. The second-order valence-electron chi connectivity index (χ2n) is 8.51. The Morgan fingerprint density at radius 1 is 1.09 bits per heavy atom. The van der Waals surface area contributed by atoms with Crippen LogP contribution in [0.3, 0.4) is 0 Å². The molecule has 1 aromatic carbocycles. The van der Waals surface area contributed by atoms with Gasteiger partial charge in [-0.2, -0.15) is 5.01 Å². The number of carbonyl (C=O) groups is 4. The van der Waals surface area contributed by atoms with Crippen molar-refractivity contribution in [2.24, 2.45) is 17.8 Å². The average Bonchev–Trinajstić information content (AvgIpc) is 3.04. The van der Waals surface area contributed by atoms with Gasteiger partial charge in [0.05, 0.1) is 17.9 Å². The van der Waals surface area contributed by atoms with Gasteiger partial charge in [0, 0.05) is 0 Å². The van der Waals surface area contributed by atoms with Gasteiger partial charge in [0.25, 0.3) is 5.91 Å². The van der Waals surface area contributed by atoms with Gasteiger partial charge in [0.2, 0.25) is 11.8 Å². The van der Waals surface area contributed by atoms with Gasteiger partial charge in [0.15, 0.2) is 0 Å². The minimum absolute atomic E-state index is 0.0298. The van der Waals surface area contributed by atoms with Crippen LogP contribution in [0, 0.1) is 17.8 Å². The van der Waals surface area contributed by atoms with E-state index < -0.39 is 47.7 Å². The molecule has 0 aliphatic carbocycles. The maximum atomic E-state index is 13.1. The largest absolute Gasteiger partial charge is 0.391 e. The molecule has 1 aliphatic heterocycles. The van der Waals surface area contributed by atoms with Crippen molar-refractivity contribution >= 4 is 23.8 Å². The summed E-state index contributed by atoms with van der Waals surface area (Å²) in [6, 6.07) is 7.66. The van der Waals surface area contributed by atoms with Crippen LogP contribution in [0.5, 0.6) is 0 Å². The molecule has 1 saturated heterocycles. The first kappa shape index (κ1) is 25.3. The molecule has 1 aromatic rings. The van der Waals surface area contributed by atoms with Crippen LogP contribution < -0.4 is 16.2 Å². The molecule has 176 valence electrons. The summed E-state index contributed by atoms with van der Waals surface area (Å²) < 4.78 is 0. The highest BCUT2D eigenvalue weighted by Gasteiger charge is 2.43. The zero-order valence-corrected chi connectivity index (χ0v) is 18.6. The molecule has 0 radical (unpaired) electrons. The second-order valence-corrected chi connectivity index (χ2v) is 8.51. The van der Waals surface area contributed by atoms with E-state index in [1.54, 1.807) is 5.48 Å². The highest BCUT2D eigenvalue weighted by Crippen LogP contribution is 2.27. The number of urea groups is 1. The predicted molar refractivity (Wildman–Crippen MR) is 115 cm³/mol. The highest BCUT2D eigenvalue weighted by molar-refractivity contribution is 6.05. The Hall–Kier alpha value is -2.98. The number of hydroxylamine groups is 1. The Balaban J connectivity index is 2.15. The normalized spacial score (nSPS) is 18.8. The van der Waals surface area contributed by atoms with E-state index >= 15 is 0 Å². The Morgan fingerprint density at radius 2 is 1.75 bits per heavy atom. The molecule has 5 amide bonds. The molecule has 4 atom stereocenters. The average molecular weight is 449 g/mol. The minimum Gasteiger partial charge on any atom is -0.391 e. The van der Waals surface area contributed by atoms with Crippen LogP contribution in [0.25, 0.3) is 0 Å². The van der Waals surface area contributed by atoms with Crippen LogP contribution in [0.2, 0.25) is 0 Å². The van der Waals surface area contributed by atoms with Crippen LogP contribution in [-0.4, -0.2) is 51.2 Å². The Morgan fingerprint density at radius 3 is 2.28 bits per heavy atom. The fourth-order valence-electron chi connectivity index (χ4n) is 3.85. The fraction of sp³-hybridized carbons (Fsp3) is 0.545. The lowest BCUT2D eigenvalue weighted by atomic mass is 9.81. The number of imide groups is 1. The van der Waals surface area contributed by atoms with Gasteiger partial charge in [-0.1, -0.05) is 44.2 Å². The lowest BCUT2D eigenvalue weighted by Crippen LogP contribution is -2.52. The first-order valence-corrected chi connectivity index (χ1v) is 10.8. The van der Waals surface area contributed by atoms with Gasteiger partial charge in [-0.05, 0) is 44.1 Å². The molecule has 1 unspecified atom stereocenters. The van der Waals surface area contributed by atoms with Crippen LogP contribution >= 0.6 is 0 Å². The number of rotatable bonds is 11. The summed E-state index contributed by atoms with van der Waals surface area (Å²) in [6.07, 6.45) is 0.777. The Labute approximate surface area is 187 Å². The number of aliphatic hydroxyl groups excluding tert-OH is 1. The SMILES string of the molecule is CC(C)C[C@@H](C(=O)NN1C(=O)NC([C@H](C)O)C1=O)[C@H](CCCc1ccccc1)C(=O)NO. The molecule has 1 heterocycles.